The van der Waals surface area contributed by atoms with E-state index >= 15 is 0 Å². The van der Waals surface area contributed by atoms with E-state index in [1.807, 2.05) is 7.05 Å². The summed E-state index contributed by atoms with van der Waals surface area (Å²) in [5, 5.41) is 3.23. The van der Waals surface area contributed by atoms with Crippen LogP contribution in [0.15, 0.2) is 16.6 Å². The van der Waals surface area contributed by atoms with Crippen LogP contribution in [0, 0.1) is 17.0 Å². The molecule has 4 heteroatoms. The fourth-order valence-corrected chi connectivity index (χ4v) is 3.79. The molecule has 0 radical (unpaired) electrons. The highest BCUT2D eigenvalue weighted by Crippen LogP contribution is 2.43. The van der Waals surface area contributed by atoms with Gasteiger partial charge in [-0.2, -0.15) is 0 Å². The molecule has 118 valence electrons. The van der Waals surface area contributed by atoms with Crippen LogP contribution in [0.25, 0.3) is 0 Å². The lowest BCUT2D eigenvalue weighted by Crippen LogP contribution is -2.29. The van der Waals surface area contributed by atoms with Crippen LogP contribution in [0.1, 0.15) is 50.5 Å². The zero-order chi connectivity index (χ0) is 15.3. The smallest absolute Gasteiger partial charge is 0.137 e. The summed E-state index contributed by atoms with van der Waals surface area (Å²) < 4.78 is 27.8. The molecule has 1 aliphatic carbocycles. The lowest BCUT2D eigenvalue weighted by molar-refractivity contribution is 0.157. The van der Waals surface area contributed by atoms with Gasteiger partial charge in [0.05, 0.1) is 4.47 Å². The van der Waals surface area contributed by atoms with E-state index in [0.29, 0.717) is 17.4 Å². The van der Waals surface area contributed by atoms with Crippen LogP contribution in [0.3, 0.4) is 0 Å². The lowest BCUT2D eigenvalue weighted by atomic mass is 9.68. The van der Waals surface area contributed by atoms with Crippen molar-refractivity contribution in [2.24, 2.45) is 5.41 Å². The first-order valence-electron chi connectivity index (χ1n) is 7.84. The van der Waals surface area contributed by atoms with Crippen molar-refractivity contribution in [3.05, 3.63) is 33.8 Å². The van der Waals surface area contributed by atoms with Crippen LogP contribution >= 0.6 is 15.9 Å². The van der Waals surface area contributed by atoms with E-state index in [2.05, 4.69) is 21.2 Å². The first-order valence-corrected chi connectivity index (χ1v) is 8.64. The van der Waals surface area contributed by atoms with Gasteiger partial charge in [-0.05, 0) is 84.7 Å². The third-order valence-corrected chi connectivity index (χ3v) is 5.44. The zero-order valence-electron chi connectivity index (χ0n) is 12.7. The van der Waals surface area contributed by atoms with Crippen LogP contribution in [0.4, 0.5) is 8.78 Å². The van der Waals surface area contributed by atoms with E-state index in [1.54, 1.807) is 0 Å². The van der Waals surface area contributed by atoms with Crippen LogP contribution in [0.5, 0.6) is 0 Å². The molecule has 1 nitrogen and oxygen atoms in total. The predicted octanol–water partition coefficient (Wildman–Crippen LogP) is 5.22. The average molecular weight is 360 g/mol. The Bertz CT molecular complexity index is 470. The number of halogens is 3. The molecule has 1 saturated carbocycles. The van der Waals surface area contributed by atoms with Gasteiger partial charge in [-0.15, -0.1) is 0 Å². The SMILES string of the molecule is CNCCC1(CCc2cc(F)c(Br)cc2F)CCCCC1. The molecule has 0 aromatic heterocycles. The molecule has 0 bridgehead atoms. The maximum atomic E-state index is 14.0. The third-order valence-electron chi connectivity index (χ3n) is 4.83. The van der Waals surface area contributed by atoms with Crippen LogP contribution in [0.2, 0.25) is 0 Å². The number of nitrogens with one attached hydrogen (secondary N) is 1. The van der Waals surface area contributed by atoms with Crippen LogP contribution in [-0.2, 0) is 6.42 Å². The maximum Gasteiger partial charge on any atom is 0.137 e. The molecule has 0 spiro atoms. The normalized spacial score (nSPS) is 17.9. The van der Waals surface area contributed by atoms with Crippen molar-refractivity contribution in [3.63, 3.8) is 0 Å². The fraction of sp³-hybridized carbons (Fsp3) is 0.647. The minimum absolute atomic E-state index is 0.200. The molecule has 0 atom stereocenters. The fourth-order valence-electron chi connectivity index (χ4n) is 3.47. The number of hydrogen-bond acceptors (Lipinski definition) is 1. The molecule has 1 aromatic carbocycles. The molecule has 0 heterocycles. The Morgan fingerprint density at radius 1 is 1.10 bits per heavy atom. The highest BCUT2D eigenvalue weighted by atomic mass is 79.9. The first-order chi connectivity index (χ1) is 10.1. The first kappa shape index (κ1) is 16.9. The van der Waals surface area contributed by atoms with E-state index in [-0.39, 0.29) is 16.1 Å². The maximum absolute atomic E-state index is 14.0. The van der Waals surface area contributed by atoms with Crippen molar-refractivity contribution in [3.8, 4) is 0 Å². The van der Waals surface area contributed by atoms with Crippen molar-refractivity contribution in [1.82, 2.24) is 5.32 Å². The number of aryl methyl sites for hydroxylation is 1. The summed E-state index contributed by atoms with van der Waals surface area (Å²) >= 11 is 3.03. The Morgan fingerprint density at radius 2 is 1.81 bits per heavy atom. The summed E-state index contributed by atoms with van der Waals surface area (Å²) in [6.07, 6.45) is 8.98. The lowest BCUT2D eigenvalue weighted by Gasteiger charge is -2.38. The number of hydrogen-bond donors (Lipinski definition) is 1. The molecule has 2 rings (SSSR count). The summed E-state index contributed by atoms with van der Waals surface area (Å²) in [4.78, 5) is 0. The van der Waals surface area contributed by atoms with Crippen molar-refractivity contribution >= 4 is 15.9 Å². The highest BCUT2D eigenvalue weighted by Gasteiger charge is 2.31. The Kier molecular flexibility index (Phi) is 6.18. The van der Waals surface area contributed by atoms with Gasteiger partial charge in [-0.1, -0.05) is 19.3 Å². The standard InChI is InChI=1S/C17H24BrF2N/c1-21-10-9-17(6-3-2-4-7-17)8-5-13-11-16(20)14(18)12-15(13)19/h11-12,21H,2-10H2,1H3. The van der Waals surface area contributed by atoms with Gasteiger partial charge in [0, 0.05) is 0 Å². The van der Waals surface area contributed by atoms with Gasteiger partial charge >= 0.3 is 0 Å². The van der Waals surface area contributed by atoms with E-state index in [9.17, 15) is 8.78 Å². The molecule has 0 saturated heterocycles. The van der Waals surface area contributed by atoms with Crippen molar-refractivity contribution in [1.29, 1.82) is 0 Å². The molecular weight excluding hydrogens is 336 g/mol. The summed E-state index contributed by atoms with van der Waals surface area (Å²) in [5.74, 6) is -0.679. The minimum atomic E-state index is -0.376. The topological polar surface area (TPSA) is 12.0 Å². The van der Waals surface area contributed by atoms with E-state index in [1.165, 1.54) is 44.2 Å². The van der Waals surface area contributed by atoms with Gasteiger partial charge in [0.2, 0.25) is 0 Å². The largest absolute Gasteiger partial charge is 0.320 e. The van der Waals surface area contributed by atoms with E-state index in [4.69, 9.17) is 0 Å². The van der Waals surface area contributed by atoms with Gasteiger partial charge in [0.1, 0.15) is 11.6 Å². The number of rotatable bonds is 6. The Labute approximate surface area is 134 Å². The monoisotopic (exact) mass is 359 g/mol. The van der Waals surface area contributed by atoms with Crippen molar-refractivity contribution < 1.29 is 8.78 Å². The van der Waals surface area contributed by atoms with Gasteiger partial charge in [-0.25, -0.2) is 8.78 Å². The summed E-state index contributed by atoms with van der Waals surface area (Å²) in [6.45, 7) is 0.997. The predicted molar refractivity (Wildman–Crippen MR) is 86.4 cm³/mol. The molecule has 0 aliphatic heterocycles. The minimum Gasteiger partial charge on any atom is -0.320 e. The highest BCUT2D eigenvalue weighted by molar-refractivity contribution is 9.10. The van der Waals surface area contributed by atoms with Gasteiger partial charge in [-0.3, -0.25) is 0 Å². The van der Waals surface area contributed by atoms with Crippen LogP contribution in [-0.4, -0.2) is 13.6 Å². The van der Waals surface area contributed by atoms with Crippen LogP contribution < -0.4 is 5.32 Å². The average Bonchev–Trinajstić information content (AvgIpc) is 2.49. The second kappa shape index (κ2) is 7.68. The van der Waals surface area contributed by atoms with Gasteiger partial charge in [0.15, 0.2) is 0 Å². The number of benzene rings is 1. The Balaban J connectivity index is 2.06. The van der Waals surface area contributed by atoms with Crippen molar-refractivity contribution in [2.45, 2.75) is 51.4 Å². The molecule has 0 unspecified atom stereocenters. The molecule has 1 aromatic rings. The quantitative estimate of drug-likeness (QED) is 0.686. The summed E-state index contributed by atoms with van der Waals surface area (Å²) in [6, 6.07) is 2.58. The molecule has 1 aliphatic rings. The van der Waals surface area contributed by atoms with E-state index in [0.717, 1.165) is 19.4 Å². The molecule has 1 fully saturated rings. The second-order valence-electron chi connectivity index (χ2n) is 6.27. The summed E-state index contributed by atoms with van der Waals surface area (Å²) in [5.41, 5.74) is 0.808. The Morgan fingerprint density at radius 3 is 2.48 bits per heavy atom. The van der Waals surface area contributed by atoms with Crippen molar-refractivity contribution in [2.75, 3.05) is 13.6 Å². The molecule has 1 N–H and O–H groups in total. The molecular formula is C17H24BrF2N. The van der Waals surface area contributed by atoms with Gasteiger partial charge < -0.3 is 5.32 Å². The third kappa shape index (κ3) is 4.49. The molecule has 0 amide bonds. The summed E-state index contributed by atoms with van der Waals surface area (Å²) in [7, 11) is 1.97. The molecule has 21 heavy (non-hydrogen) atoms. The second-order valence-corrected chi connectivity index (χ2v) is 7.13. The van der Waals surface area contributed by atoms with Gasteiger partial charge in [0.25, 0.3) is 0 Å². The van der Waals surface area contributed by atoms with E-state index < -0.39 is 0 Å². The Hall–Kier alpha value is -0.480. The zero-order valence-corrected chi connectivity index (χ0v) is 14.2.